The minimum Gasteiger partial charge on any atom is -0.344 e. The Morgan fingerprint density at radius 3 is 2.23 bits per heavy atom. The number of pyridine rings is 1. The first-order chi connectivity index (χ1) is 15.1. The molecule has 1 amide bonds. The van der Waals surface area contributed by atoms with Gasteiger partial charge in [0.2, 0.25) is 0 Å². The maximum atomic E-state index is 13.2. The standard InChI is InChI=1S/C26H30N4O/c1-20-23(13-14-24(27-20)21-9-5-3-6-10-21)26(31)28-25(22-11-7-4-8-12-22)19-30-17-15-29(2)16-18-30/h3-14,25H,15-19H2,1-2H3,(H,28,31). The summed E-state index contributed by atoms with van der Waals surface area (Å²) in [6.45, 7) is 6.85. The first-order valence-electron chi connectivity index (χ1n) is 10.9. The van der Waals surface area contributed by atoms with Gasteiger partial charge < -0.3 is 10.2 Å². The van der Waals surface area contributed by atoms with Crippen molar-refractivity contribution in [2.45, 2.75) is 13.0 Å². The van der Waals surface area contributed by atoms with Crippen LogP contribution in [0.5, 0.6) is 0 Å². The largest absolute Gasteiger partial charge is 0.344 e. The molecule has 5 heteroatoms. The second-order valence-electron chi connectivity index (χ2n) is 8.24. The van der Waals surface area contributed by atoms with Crippen LogP contribution in [0, 0.1) is 6.92 Å². The second kappa shape index (κ2) is 9.86. The zero-order valence-corrected chi connectivity index (χ0v) is 18.3. The van der Waals surface area contributed by atoms with Crippen LogP contribution in [0.4, 0.5) is 0 Å². The van der Waals surface area contributed by atoms with Crippen molar-refractivity contribution in [3.63, 3.8) is 0 Å². The number of aryl methyl sites for hydroxylation is 1. The topological polar surface area (TPSA) is 48.5 Å². The fourth-order valence-electron chi connectivity index (χ4n) is 4.02. The van der Waals surface area contributed by atoms with Crippen LogP contribution >= 0.6 is 0 Å². The molecule has 2 aromatic carbocycles. The number of benzene rings is 2. The third-order valence-corrected chi connectivity index (χ3v) is 5.94. The summed E-state index contributed by atoms with van der Waals surface area (Å²) < 4.78 is 0. The van der Waals surface area contributed by atoms with E-state index in [-0.39, 0.29) is 11.9 Å². The molecule has 5 nitrogen and oxygen atoms in total. The first kappa shape index (κ1) is 21.2. The van der Waals surface area contributed by atoms with E-state index in [1.165, 1.54) is 0 Å². The van der Waals surface area contributed by atoms with Gasteiger partial charge in [0.1, 0.15) is 0 Å². The van der Waals surface area contributed by atoms with Gasteiger partial charge in [-0.25, -0.2) is 0 Å². The van der Waals surface area contributed by atoms with Crippen molar-refractivity contribution in [3.05, 3.63) is 89.6 Å². The van der Waals surface area contributed by atoms with Crippen LogP contribution in [0.15, 0.2) is 72.8 Å². The van der Waals surface area contributed by atoms with Crippen molar-refractivity contribution in [2.75, 3.05) is 39.8 Å². The molecule has 0 spiro atoms. The second-order valence-corrected chi connectivity index (χ2v) is 8.24. The van der Waals surface area contributed by atoms with E-state index in [4.69, 9.17) is 4.98 Å². The molecular formula is C26H30N4O. The van der Waals surface area contributed by atoms with Crippen molar-refractivity contribution < 1.29 is 4.79 Å². The molecule has 1 atom stereocenters. The lowest BCUT2D eigenvalue weighted by Crippen LogP contribution is -2.47. The van der Waals surface area contributed by atoms with Gasteiger partial charge in [0, 0.05) is 38.3 Å². The lowest BCUT2D eigenvalue weighted by atomic mass is 10.0. The maximum Gasteiger partial charge on any atom is 0.253 e. The fraction of sp³-hybridized carbons (Fsp3) is 0.308. The summed E-state index contributed by atoms with van der Waals surface area (Å²) in [5, 5.41) is 3.27. The van der Waals surface area contributed by atoms with Gasteiger partial charge in [0.05, 0.1) is 23.0 Å². The molecule has 1 saturated heterocycles. The predicted octanol–water partition coefficient (Wildman–Crippen LogP) is 3.78. The normalized spacial score (nSPS) is 16.1. The summed E-state index contributed by atoms with van der Waals surface area (Å²) in [5.41, 5.74) is 4.42. The van der Waals surface area contributed by atoms with Crippen LogP contribution in [0.25, 0.3) is 11.3 Å². The number of carbonyl (C=O) groups is 1. The number of rotatable bonds is 6. The lowest BCUT2D eigenvalue weighted by molar-refractivity contribution is 0.0906. The van der Waals surface area contributed by atoms with E-state index < -0.39 is 0 Å². The summed E-state index contributed by atoms with van der Waals surface area (Å²) in [7, 11) is 2.16. The SMILES string of the molecule is Cc1nc(-c2ccccc2)ccc1C(=O)NC(CN1CCN(C)CC1)c1ccccc1. The number of piperazine rings is 1. The van der Waals surface area contributed by atoms with Crippen LogP contribution in [0.1, 0.15) is 27.7 Å². The van der Waals surface area contributed by atoms with E-state index in [0.29, 0.717) is 5.56 Å². The quantitative estimate of drug-likeness (QED) is 0.667. The van der Waals surface area contributed by atoms with E-state index in [2.05, 4.69) is 34.3 Å². The molecule has 1 N–H and O–H groups in total. The van der Waals surface area contributed by atoms with E-state index in [0.717, 1.165) is 55.2 Å². The molecule has 0 saturated carbocycles. The smallest absolute Gasteiger partial charge is 0.253 e. The van der Waals surface area contributed by atoms with Crippen LogP contribution in [0.2, 0.25) is 0 Å². The molecule has 2 heterocycles. The summed E-state index contributed by atoms with van der Waals surface area (Å²) in [6.07, 6.45) is 0. The molecule has 0 radical (unpaired) electrons. The predicted molar refractivity (Wildman–Crippen MR) is 125 cm³/mol. The van der Waals surface area contributed by atoms with Gasteiger partial charge >= 0.3 is 0 Å². The summed E-state index contributed by atoms with van der Waals surface area (Å²) >= 11 is 0. The Kier molecular flexibility index (Phi) is 6.75. The Morgan fingerprint density at radius 2 is 1.58 bits per heavy atom. The Morgan fingerprint density at radius 1 is 0.935 bits per heavy atom. The van der Waals surface area contributed by atoms with Crippen molar-refractivity contribution in [1.29, 1.82) is 0 Å². The summed E-state index contributed by atoms with van der Waals surface area (Å²) in [6, 6.07) is 24.0. The molecule has 3 aromatic rings. The number of hydrogen-bond acceptors (Lipinski definition) is 4. The first-order valence-corrected chi connectivity index (χ1v) is 10.9. The number of likely N-dealkylation sites (N-methyl/N-ethyl adjacent to an activating group) is 1. The molecular weight excluding hydrogens is 384 g/mol. The van der Waals surface area contributed by atoms with Crippen molar-refractivity contribution in [3.8, 4) is 11.3 Å². The fourth-order valence-corrected chi connectivity index (χ4v) is 4.02. The maximum absolute atomic E-state index is 13.2. The summed E-state index contributed by atoms with van der Waals surface area (Å²) in [4.78, 5) is 22.7. The Hall–Kier alpha value is -3.02. The molecule has 1 fully saturated rings. The van der Waals surface area contributed by atoms with Crippen molar-refractivity contribution in [1.82, 2.24) is 20.1 Å². The molecule has 0 aliphatic carbocycles. The van der Waals surface area contributed by atoms with Crippen molar-refractivity contribution >= 4 is 5.91 Å². The third-order valence-electron chi connectivity index (χ3n) is 5.94. The lowest BCUT2D eigenvalue weighted by Gasteiger charge is -2.35. The highest BCUT2D eigenvalue weighted by Crippen LogP contribution is 2.20. The zero-order chi connectivity index (χ0) is 21.6. The molecule has 1 aromatic heterocycles. The average molecular weight is 415 g/mol. The van der Waals surface area contributed by atoms with Gasteiger partial charge in [0.25, 0.3) is 5.91 Å². The Balaban J connectivity index is 1.52. The number of carbonyl (C=O) groups excluding carboxylic acids is 1. The molecule has 4 rings (SSSR count). The molecule has 160 valence electrons. The number of hydrogen-bond donors (Lipinski definition) is 1. The highest BCUT2D eigenvalue weighted by molar-refractivity contribution is 5.95. The van der Waals surface area contributed by atoms with Gasteiger partial charge in [-0.15, -0.1) is 0 Å². The van der Waals surface area contributed by atoms with Crippen LogP contribution in [0.3, 0.4) is 0 Å². The minimum atomic E-state index is -0.0763. The number of amides is 1. The third kappa shape index (κ3) is 5.37. The number of nitrogens with one attached hydrogen (secondary N) is 1. The van der Waals surface area contributed by atoms with E-state index in [1.807, 2.05) is 67.6 Å². The van der Waals surface area contributed by atoms with Gasteiger partial charge in [-0.3, -0.25) is 14.7 Å². The van der Waals surface area contributed by atoms with E-state index in [1.54, 1.807) is 0 Å². The van der Waals surface area contributed by atoms with Crippen molar-refractivity contribution in [2.24, 2.45) is 0 Å². The highest BCUT2D eigenvalue weighted by Gasteiger charge is 2.22. The highest BCUT2D eigenvalue weighted by atomic mass is 16.1. The van der Waals surface area contributed by atoms with Crippen LogP contribution < -0.4 is 5.32 Å². The monoisotopic (exact) mass is 414 g/mol. The average Bonchev–Trinajstić information content (AvgIpc) is 2.81. The molecule has 0 bridgehead atoms. The molecule has 31 heavy (non-hydrogen) atoms. The van der Waals surface area contributed by atoms with Crippen LogP contribution in [-0.4, -0.2) is 60.5 Å². The van der Waals surface area contributed by atoms with Gasteiger partial charge in [-0.1, -0.05) is 60.7 Å². The minimum absolute atomic E-state index is 0.0645. The zero-order valence-electron chi connectivity index (χ0n) is 18.3. The Bertz CT molecular complexity index is 998. The molecule has 1 aliphatic rings. The summed E-state index contributed by atoms with van der Waals surface area (Å²) in [5.74, 6) is -0.0763. The van der Waals surface area contributed by atoms with Crippen LogP contribution in [-0.2, 0) is 0 Å². The molecule has 1 aliphatic heterocycles. The number of nitrogens with zero attached hydrogens (tertiary/aromatic N) is 3. The van der Waals surface area contributed by atoms with E-state index >= 15 is 0 Å². The van der Waals surface area contributed by atoms with Gasteiger partial charge in [-0.05, 0) is 31.7 Å². The van der Waals surface area contributed by atoms with Gasteiger partial charge in [0.15, 0.2) is 0 Å². The van der Waals surface area contributed by atoms with E-state index in [9.17, 15) is 4.79 Å². The molecule has 1 unspecified atom stereocenters. The number of aromatic nitrogens is 1. The van der Waals surface area contributed by atoms with Gasteiger partial charge in [-0.2, -0.15) is 0 Å². The Labute approximate surface area is 184 Å².